The molecule has 1 unspecified atom stereocenters. The number of benzene rings is 1. The Labute approximate surface area is 186 Å². The number of hydrogen-bond acceptors (Lipinski definition) is 4. The molecule has 0 saturated carbocycles. The molecular weight excluding hydrogens is 404 g/mol. The molecule has 0 fully saturated rings. The van der Waals surface area contributed by atoms with E-state index in [0.717, 1.165) is 18.6 Å². The Bertz CT molecular complexity index is 796. The van der Waals surface area contributed by atoms with E-state index in [1.807, 2.05) is 46.0 Å². The topological polar surface area (TPSA) is 36.3 Å². The molecule has 0 N–H and O–H groups in total. The number of halogens is 1. The van der Waals surface area contributed by atoms with Crippen LogP contribution in [0.15, 0.2) is 30.5 Å². The van der Waals surface area contributed by atoms with Crippen LogP contribution in [0.5, 0.6) is 11.6 Å². The average Bonchev–Trinajstić information content (AvgIpc) is 3.09. The highest BCUT2D eigenvalue weighted by Crippen LogP contribution is 2.34. The molecular formula is C23H35ClN2O2S. The van der Waals surface area contributed by atoms with Crippen molar-refractivity contribution in [1.29, 1.82) is 0 Å². The normalized spacial score (nSPS) is 13.6. The van der Waals surface area contributed by atoms with Gasteiger partial charge >= 0.3 is 0 Å². The van der Waals surface area contributed by atoms with Crippen molar-refractivity contribution in [3.8, 4) is 11.6 Å². The molecule has 1 heterocycles. The van der Waals surface area contributed by atoms with Gasteiger partial charge in [-0.25, -0.2) is 0 Å². The lowest BCUT2D eigenvalue weighted by atomic mass is 9.84. The first-order chi connectivity index (χ1) is 13.4. The predicted molar refractivity (Wildman–Crippen MR) is 125 cm³/mol. The van der Waals surface area contributed by atoms with Crippen LogP contribution in [-0.4, -0.2) is 22.5 Å². The lowest BCUT2D eigenvalue weighted by Gasteiger charge is -2.26. The van der Waals surface area contributed by atoms with Gasteiger partial charge in [-0.05, 0) is 69.6 Å². The zero-order chi connectivity index (χ0) is 21.8. The van der Waals surface area contributed by atoms with Gasteiger partial charge in [-0.3, -0.25) is 4.68 Å². The number of ether oxygens (including phenoxy) is 2. The maximum Gasteiger partial charge on any atom is 0.232 e. The van der Waals surface area contributed by atoms with E-state index in [-0.39, 0.29) is 16.4 Å². The second-order valence-corrected chi connectivity index (χ2v) is 10.8. The van der Waals surface area contributed by atoms with Crippen LogP contribution in [0, 0.1) is 5.41 Å². The summed E-state index contributed by atoms with van der Waals surface area (Å²) in [6.45, 7) is 15.3. The number of aromatic nitrogens is 2. The van der Waals surface area contributed by atoms with Crippen LogP contribution in [0.25, 0.3) is 0 Å². The number of nitrogens with zero attached hydrogens (tertiary/aromatic N) is 2. The van der Waals surface area contributed by atoms with Crippen LogP contribution in [0.1, 0.15) is 72.8 Å². The van der Waals surface area contributed by atoms with Crippen molar-refractivity contribution in [3.05, 3.63) is 41.0 Å². The Kier molecular flexibility index (Phi) is 7.97. The second kappa shape index (κ2) is 9.65. The molecule has 1 aromatic heterocycles. The van der Waals surface area contributed by atoms with Crippen molar-refractivity contribution in [3.63, 3.8) is 0 Å². The van der Waals surface area contributed by atoms with E-state index in [1.54, 1.807) is 4.68 Å². The first-order valence-electron chi connectivity index (χ1n) is 10.2. The summed E-state index contributed by atoms with van der Waals surface area (Å²) in [4.78, 5) is -0.344. The molecule has 0 saturated heterocycles. The summed E-state index contributed by atoms with van der Waals surface area (Å²) in [6.07, 6.45) is 4.09. The fraction of sp³-hybridized carbons (Fsp3) is 0.609. The third-order valence-electron chi connectivity index (χ3n) is 4.88. The quantitative estimate of drug-likeness (QED) is 0.408. The van der Waals surface area contributed by atoms with Gasteiger partial charge in [0.15, 0.2) is 0 Å². The first kappa shape index (κ1) is 23.9. The van der Waals surface area contributed by atoms with Gasteiger partial charge in [0.25, 0.3) is 0 Å². The standard InChI is InChI=1S/C23H35ClN2O2S/c1-16(2)28-20-14-18(8-9-19(20)24)17(3)10-12-22(4,5)15-27-21-11-13-26(25-21)23(6,7)29/h8-9,11,13-14,16-17,29H,10,12,15H2,1-7H3. The zero-order valence-electron chi connectivity index (χ0n) is 18.7. The van der Waals surface area contributed by atoms with Gasteiger partial charge in [0, 0.05) is 12.3 Å². The van der Waals surface area contributed by atoms with E-state index in [4.69, 9.17) is 21.1 Å². The fourth-order valence-electron chi connectivity index (χ4n) is 2.98. The molecule has 1 atom stereocenters. The van der Waals surface area contributed by atoms with Gasteiger partial charge < -0.3 is 9.47 Å². The molecule has 162 valence electrons. The molecule has 0 amide bonds. The summed E-state index contributed by atoms with van der Waals surface area (Å²) >= 11 is 10.8. The number of rotatable bonds is 10. The van der Waals surface area contributed by atoms with Gasteiger partial charge in [-0.2, -0.15) is 0 Å². The molecule has 4 nitrogen and oxygen atoms in total. The highest BCUT2D eigenvalue weighted by Gasteiger charge is 2.22. The maximum atomic E-state index is 6.27. The minimum atomic E-state index is -0.344. The van der Waals surface area contributed by atoms with Crippen LogP contribution in [0.3, 0.4) is 0 Å². The molecule has 0 radical (unpaired) electrons. The second-order valence-electron chi connectivity index (χ2n) is 9.34. The third kappa shape index (κ3) is 7.45. The maximum absolute atomic E-state index is 6.27. The van der Waals surface area contributed by atoms with Gasteiger partial charge in [-0.15, -0.1) is 17.7 Å². The first-order valence-corrected chi connectivity index (χ1v) is 11.1. The van der Waals surface area contributed by atoms with Crippen molar-refractivity contribution in [2.75, 3.05) is 6.61 Å². The Morgan fingerprint density at radius 1 is 1.14 bits per heavy atom. The van der Waals surface area contributed by atoms with Gasteiger partial charge in [0.1, 0.15) is 5.75 Å². The minimum Gasteiger partial charge on any atom is -0.489 e. The minimum absolute atomic E-state index is 0.0399. The van der Waals surface area contributed by atoms with Crippen LogP contribution in [0.2, 0.25) is 5.02 Å². The van der Waals surface area contributed by atoms with Crippen LogP contribution < -0.4 is 9.47 Å². The average molecular weight is 439 g/mol. The van der Waals surface area contributed by atoms with Crippen LogP contribution >= 0.6 is 24.2 Å². The van der Waals surface area contributed by atoms with E-state index < -0.39 is 0 Å². The van der Waals surface area contributed by atoms with Crippen molar-refractivity contribution >= 4 is 24.2 Å². The lowest BCUT2D eigenvalue weighted by Crippen LogP contribution is -2.23. The Hall–Kier alpha value is -1.33. The Morgan fingerprint density at radius 3 is 2.41 bits per heavy atom. The van der Waals surface area contributed by atoms with Crippen LogP contribution in [0.4, 0.5) is 0 Å². The van der Waals surface area contributed by atoms with Crippen molar-refractivity contribution in [2.24, 2.45) is 5.41 Å². The summed E-state index contributed by atoms with van der Waals surface area (Å²) < 4.78 is 13.6. The summed E-state index contributed by atoms with van der Waals surface area (Å²) in [5, 5.41) is 5.12. The van der Waals surface area contributed by atoms with E-state index >= 15 is 0 Å². The van der Waals surface area contributed by atoms with E-state index in [2.05, 4.69) is 50.6 Å². The lowest BCUT2D eigenvalue weighted by molar-refractivity contribution is 0.158. The molecule has 6 heteroatoms. The smallest absolute Gasteiger partial charge is 0.232 e. The van der Waals surface area contributed by atoms with Gasteiger partial charge in [0.2, 0.25) is 5.88 Å². The van der Waals surface area contributed by atoms with Crippen molar-refractivity contribution in [2.45, 2.75) is 78.2 Å². The SMILES string of the molecule is CC(C)Oc1cc(C(C)CCC(C)(C)COc2ccn(C(C)(C)S)n2)ccc1Cl. The molecule has 2 rings (SSSR count). The third-order valence-corrected chi connectivity index (χ3v) is 5.39. The molecule has 29 heavy (non-hydrogen) atoms. The van der Waals surface area contributed by atoms with E-state index in [9.17, 15) is 0 Å². The van der Waals surface area contributed by atoms with Gasteiger partial charge in [0.05, 0.1) is 22.6 Å². The molecule has 0 aliphatic heterocycles. The summed E-state index contributed by atoms with van der Waals surface area (Å²) in [7, 11) is 0. The molecule has 0 spiro atoms. The van der Waals surface area contributed by atoms with E-state index in [1.165, 1.54) is 5.56 Å². The van der Waals surface area contributed by atoms with Crippen molar-refractivity contribution < 1.29 is 9.47 Å². The molecule has 0 aliphatic carbocycles. The van der Waals surface area contributed by atoms with Gasteiger partial charge in [-0.1, -0.05) is 38.4 Å². The summed E-state index contributed by atoms with van der Waals surface area (Å²) in [6, 6.07) is 7.98. The molecule has 2 aromatic rings. The highest BCUT2D eigenvalue weighted by atomic mass is 35.5. The van der Waals surface area contributed by atoms with Crippen LogP contribution in [-0.2, 0) is 4.87 Å². The summed E-state index contributed by atoms with van der Waals surface area (Å²) in [5.74, 6) is 1.81. The molecule has 1 aromatic carbocycles. The molecule has 0 bridgehead atoms. The van der Waals surface area contributed by atoms with Crippen molar-refractivity contribution in [1.82, 2.24) is 9.78 Å². The zero-order valence-corrected chi connectivity index (χ0v) is 20.3. The monoisotopic (exact) mass is 438 g/mol. The Morgan fingerprint density at radius 2 is 1.83 bits per heavy atom. The predicted octanol–water partition coefficient (Wildman–Crippen LogP) is 6.94. The summed E-state index contributed by atoms with van der Waals surface area (Å²) in [5.41, 5.74) is 1.29. The highest BCUT2D eigenvalue weighted by molar-refractivity contribution is 7.81. The van der Waals surface area contributed by atoms with E-state index in [0.29, 0.717) is 23.4 Å². The largest absolute Gasteiger partial charge is 0.489 e. The number of hydrogen-bond donors (Lipinski definition) is 1. The fourth-order valence-corrected chi connectivity index (χ4v) is 3.25. The number of thiol groups is 1. The molecule has 0 aliphatic rings. The Balaban J connectivity index is 1.91.